The van der Waals surface area contributed by atoms with E-state index in [9.17, 15) is 9.59 Å². The van der Waals surface area contributed by atoms with Gasteiger partial charge in [0.1, 0.15) is 6.54 Å². The van der Waals surface area contributed by atoms with Crippen molar-refractivity contribution in [1.29, 1.82) is 0 Å². The molecule has 5 nitrogen and oxygen atoms in total. The smallest absolute Gasteiger partial charge is 0.265 e. The van der Waals surface area contributed by atoms with Crippen LogP contribution in [0, 0.1) is 0 Å². The largest absolute Gasteiger partial charge is 0.353 e. The summed E-state index contributed by atoms with van der Waals surface area (Å²) in [6.07, 6.45) is 6.90. The Balaban J connectivity index is 1.43. The number of thioether (sulfide) groups is 1. The third-order valence-corrected chi connectivity index (χ3v) is 7.08. The SMILES string of the molecule is O=C(CN1C(=O)C(=Cc2ccc(Cl)cc2)Sc2ccccc21)NCCN1CCCCCC1. The van der Waals surface area contributed by atoms with Gasteiger partial charge in [0.15, 0.2) is 0 Å². The highest BCUT2D eigenvalue weighted by Gasteiger charge is 2.30. The van der Waals surface area contributed by atoms with Gasteiger partial charge in [0.2, 0.25) is 5.91 Å². The summed E-state index contributed by atoms with van der Waals surface area (Å²) < 4.78 is 0. The van der Waals surface area contributed by atoms with Crippen LogP contribution in [-0.4, -0.2) is 49.4 Å². The fourth-order valence-electron chi connectivity index (χ4n) is 4.04. The molecule has 168 valence electrons. The molecule has 7 heteroatoms. The number of para-hydroxylation sites is 1. The number of likely N-dealkylation sites (tertiary alicyclic amines) is 1. The highest BCUT2D eigenvalue weighted by molar-refractivity contribution is 8.04. The molecule has 0 unspecified atom stereocenters. The van der Waals surface area contributed by atoms with Crippen LogP contribution in [0.5, 0.6) is 0 Å². The van der Waals surface area contributed by atoms with Crippen LogP contribution < -0.4 is 10.2 Å². The number of amides is 2. The summed E-state index contributed by atoms with van der Waals surface area (Å²) in [7, 11) is 0. The minimum atomic E-state index is -0.161. The second-order valence-corrected chi connectivity index (χ2v) is 9.65. The second kappa shape index (κ2) is 11.0. The maximum absolute atomic E-state index is 13.3. The van der Waals surface area contributed by atoms with E-state index < -0.39 is 0 Å². The van der Waals surface area contributed by atoms with Crippen LogP contribution in [0.2, 0.25) is 5.02 Å². The van der Waals surface area contributed by atoms with E-state index in [1.165, 1.54) is 37.4 Å². The van der Waals surface area contributed by atoms with E-state index in [1.54, 1.807) is 17.0 Å². The van der Waals surface area contributed by atoms with Crippen LogP contribution >= 0.6 is 23.4 Å². The van der Waals surface area contributed by atoms with E-state index in [0.717, 1.165) is 35.8 Å². The van der Waals surface area contributed by atoms with E-state index in [4.69, 9.17) is 11.6 Å². The number of nitrogens with one attached hydrogen (secondary N) is 1. The minimum absolute atomic E-state index is 0.00830. The molecule has 2 amide bonds. The third kappa shape index (κ3) is 5.94. The molecule has 2 aliphatic heterocycles. The zero-order chi connectivity index (χ0) is 22.3. The van der Waals surface area contributed by atoms with E-state index in [1.807, 2.05) is 42.5 Å². The first-order valence-electron chi connectivity index (χ1n) is 11.2. The summed E-state index contributed by atoms with van der Waals surface area (Å²) in [6.45, 7) is 3.67. The van der Waals surface area contributed by atoms with Gasteiger partial charge in [0.05, 0.1) is 10.6 Å². The number of fused-ring (bicyclic) bond motifs is 1. The van der Waals surface area contributed by atoms with Gasteiger partial charge in [0.25, 0.3) is 5.91 Å². The summed E-state index contributed by atoms with van der Waals surface area (Å²) >= 11 is 7.41. The number of carbonyl (C=O) groups excluding carboxylic acids is 2. The van der Waals surface area contributed by atoms with Crippen molar-refractivity contribution in [2.75, 3.05) is 37.6 Å². The lowest BCUT2D eigenvalue weighted by Crippen LogP contribution is -2.44. The van der Waals surface area contributed by atoms with Gasteiger partial charge in [-0.1, -0.05) is 60.5 Å². The first-order chi connectivity index (χ1) is 15.6. The fraction of sp³-hybridized carbons (Fsp3) is 0.360. The lowest BCUT2D eigenvalue weighted by Gasteiger charge is -2.30. The topological polar surface area (TPSA) is 52.7 Å². The van der Waals surface area contributed by atoms with Crippen molar-refractivity contribution >= 4 is 46.9 Å². The number of anilines is 1. The number of benzene rings is 2. The highest BCUT2D eigenvalue weighted by atomic mass is 35.5. The maximum Gasteiger partial charge on any atom is 0.265 e. The van der Waals surface area contributed by atoms with Crippen molar-refractivity contribution in [3.8, 4) is 0 Å². The van der Waals surface area contributed by atoms with Crippen molar-refractivity contribution < 1.29 is 9.59 Å². The first kappa shape index (κ1) is 22.9. The first-order valence-corrected chi connectivity index (χ1v) is 12.3. The molecule has 1 saturated heterocycles. The molecule has 0 aliphatic carbocycles. The minimum Gasteiger partial charge on any atom is -0.353 e. The maximum atomic E-state index is 13.3. The van der Waals surface area contributed by atoms with Crippen molar-refractivity contribution in [3.05, 3.63) is 64.0 Å². The molecule has 32 heavy (non-hydrogen) atoms. The molecule has 1 N–H and O–H groups in total. The zero-order valence-electron chi connectivity index (χ0n) is 18.1. The van der Waals surface area contributed by atoms with Gasteiger partial charge in [-0.25, -0.2) is 0 Å². The Hall–Kier alpha value is -2.28. The quantitative estimate of drug-likeness (QED) is 0.617. The Morgan fingerprint density at radius 3 is 2.50 bits per heavy atom. The van der Waals surface area contributed by atoms with Gasteiger partial charge >= 0.3 is 0 Å². The highest BCUT2D eigenvalue weighted by Crippen LogP contribution is 2.41. The van der Waals surface area contributed by atoms with Crippen LogP contribution in [0.15, 0.2) is 58.3 Å². The summed E-state index contributed by atoms with van der Waals surface area (Å²) in [5, 5.41) is 3.66. The molecule has 0 atom stereocenters. The van der Waals surface area contributed by atoms with Crippen molar-refractivity contribution in [2.24, 2.45) is 0 Å². The van der Waals surface area contributed by atoms with Crippen LogP contribution in [-0.2, 0) is 9.59 Å². The van der Waals surface area contributed by atoms with Crippen LogP contribution in [0.4, 0.5) is 5.69 Å². The monoisotopic (exact) mass is 469 g/mol. The average Bonchev–Trinajstić information content (AvgIpc) is 3.07. The molecule has 2 aromatic rings. The van der Waals surface area contributed by atoms with E-state index in [2.05, 4.69) is 10.2 Å². The molecule has 2 aliphatic rings. The van der Waals surface area contributed by atoms with Gasteiger partial charge in [0, 0.05) is 23.0 Å². The molecule has 2 aromatic carbocycles. The van der Waals surface area contributed by atoms with Gasteiger partial charge in [-0.15, -0.1) is 0 Å². The Kier molecular flexibility index (Phi) is 7.90. The number of nitrogens with zero attached hydrogens (tertiary/aromatic N) is 2. The second-order valence-electron chi connectivity index (χ2n) is 8.13. The molecule has 4 rings (SSSR count). The molecule has 0 radical (unpaired) electrons. The predicted octanol–water partition coefficient (Wildman–Crippen LogP) is 4.81. The Labute approximate surface area is 198 Å². The lowest BCUT2D eigenvalue weighted by molar-refractivity contribution is -0.122. The summed E-state index contributed by atoms with van der Waals surface area (Å²) in [4.78, 5) is 31.5. The molecular weight excluding hydrogens is 442 g/mol. The molecule has 0 spiro atoms. The zero-order valence-corrected chi connectivity index (χ0v) is 19.6. The molecule has 1 fully saturated rings. The van der Waals surface area contributed by atoms with Crippen LogP contribution in [0.25, 0.3) is 6.08 Å². The number of hydrogen-bond donors (Lipinski definition) is 1. The van der Waals surface area contributed by atoms with E-state index in [0.29, 0.717) is 16.5 Å². The van der Waals surface area contributed by atoms with Crippen LogP contribution in [0.3, 0.4) is 0 Å². The standard InChI is InChI=1S/C25H28ClN3O2S/c26-20-11-9-19(10-12-20)17-23-25(31)29(21-7-3-4-8-22(21)32-23)18-24(30)27-13-16-28-14-5-1-2-6-15-28/h3-4,7-12,17H,1-2,5-6,13-16,18H2,(H,27,30). The number of rotatable bonds is 6. The van der Waals surface area contributed by atoms with E-state index >= 15 is 0 Å². The van der Waals surface area contributed by atoms with Gasteiger partial charge in [-0.2, -0.15) is 0 Å². The molecular formula is C25H28ClN3O2S. The molecule has 0 saturated carbocycles. The van der Waals surface area contributed by atoms with E-state index in [-0.39, 0.29) is 18.4 Å². The number of hydrogen-bond acceptors (Lipinski definition) is 4. The predicted molar refractivity (Wildman–Crippen MR) is 132 cm³/mol. The summed E-state index contributed by atoms with van der Waals surface area (Å²) in [6, 6.07) is 15.1. The van der Waals surface area contributed by atoms with Crippen molar-refractivity contribution in [2.45, 2.75) is 30.6 Å². The average molecular weight is 470 g/mol. The number of halogens is 1. The van der Waals surface area contributed by atoms with Gasteiger partial charge in [-0.05, 0) is 61.8 Å². The third-order valence-electron chi connectivity index (χ3n) is 5.75. The Morgan fingerprint density at radius 1 is 1.03 bits per heavy atom. The number of carbonyl (C=O) groups is 2. The van der Waals surface area contributed by atoms with Crippen molar-refractivity contribution in [1.82, 2.24) is 10.2 Å². The molecule has 2 heterocycles. The summed E-state index contributed by atoms with van der Waals surface area (Å²) in [5.74, 6) is -0.299. The van der Waals surface area contributed by atoms with Crippen molar-refractivity contribution in [3.63, 3.8) is 0 Å². The Bertz CT molecular complexity index is 985. The summed E-state index contributed by atoms with van der Waals surface area (Å²) in [5.41, 5.74) is 1.67. The lowest BCUT2D eigenvalue weighted by atomic mass is 10.2. The van der Waals surface area contributed by atoms with Gasteiger partial charge in [-0.3, -0.25) is 14.5 Å². The Morgan fingerprint density at radius 2 is 1.75 bits per heavy atom. The normalized spacial score (nSPS) is 18.3. The molecule has 0 bridgehead atoms. The van der Waals surface area contributed by atoms with Crippen LogP contribution in [0.1, 0.15) is 31.2 Å². The molecule has 0 aromatic heterocycles. The fourth-order valence-corrected chi connectivity index (χ4v) is 5.23. The van der Waals surface area contributed by atoms with Gasteiger partial charge < -0.3 is 10.2 Å².